The fourth-order valence-electron chi connectivity index (χ4n) is 2.52. The van der Waals surface area contributed by atoms with Crippen LogP contribution >= 0.6 is 11.3 Å². The van der Waals surface area contributed by atoms with Crippen LogP contribution in [0, 0.1) is 5.92 Å². The van der Waals surface area contributed by atoms with E-state index in [1.54, 1.807) is 6.92 Å². The number of nitrogens with one attached hydrogen (secondary N) is 1. The summed E-state index contributed by atoms with van der Waals surface area (Å²) in [5, 5.41) is 14.8. The Morgan fingerprint density at radius 1 is 1.28 bits per heavy atom. The normalized spacial score (nSPS) is 13.4. The standard InChI is InChI=1S/C19H24N2O3S/c1-13(2)19(3,11-18(23)24)21-16(22)10-15-12-25-17(20-15)9-14-7-5-4-6-8-14/h4-8,12-13H,9-11H2,1-3H3,(H,21,22)(H,23,24). The maximum absolute atomic E-state index is 12.3. The molecule has 0 saturated carbocycles. The van der Waals surface area contributed by atoms with Gasteiger partial charge in [0, 0.05) is 17.3 Å². The zero-order chi connectivity index (χ0) is 18.4. The molecule has 0 spiro atoms. The lowest BCUT2D eigenvalue weighted by atomic mass is 9.85. The van der Waals surface area contributed by atoms with Crippen molar-refractivity contribution in [3.05, 3.63) is 52.0 Å². The zero-order valence-electron chi connectivity index (χ0n) is 14.8. The van der Waals surface area contributed by atoms with Gasteiger partial charge in [-0.05, 0) is 18.4 Å². The number of aromatic nitrogens is 1. The number of hydrogen-bond donors (Lipinski definition) is 2. The molecule has 134 valence electrons. The first-order valence-electron chi connectivity index (χ1n) is 8.28. The smallest absolute Gasteiger partial charge is 0.305 e. The zero-order valence-corrected chi connectivity index (χ0v) is 15.6. The third kappa shape index (κ3) is 5.67. The van der Waals surface area contributed by atoms with E-state index in [0.717, 1.165) is 17.1 Å². The van der Waals surface area contributed by atoms with E-state index in [9.17, 15) is 9.59 Å². The number of carbonyl (C=O) groups excluding carboxylic acids is 1. The Kier molecular flexibility index (Phi) is 6.31. The van der Waals surface area contributed by atoms with E-state index in [-0.39, 0.29) is 24.7 Å². The predicted molar refractivity (Wildman–Crippen MR) is 98.7 cm³/mol. The van der Waals surface area contributed by atoms with Gasteiger partial charge in [-0.3, -0.25) is 9.59 Å². The molecule has 0 aliphatic rings. The Morgan fingerprint density at radius 3 is 2.56 bits per heavy atom. The van der Waals surface area contributed by atoms with Gasteiger partial charge in [0.05, 0.1) is 23.5 Å². The van der Waals surface area contributed by atoms with Gasteiger partial charge in [-0.1, -0.05) is 44.2 Å². The second kappa shape index (κ2) is 8.25. The van der Waals surface area contributed by atoms with E-state index in [4.69, 9.17) is 5.11 Å². The van der Waals surface area contributed by atoms with Crippen molar-refractivity contribution in [3.8, 4) is 0 Å². The van der Waals surface area contributed by atoms with Gasteiger partial charge in [-0.15, -0.1) is 11.3 Å². The molecule has 1 aromatic carbocycles. The molecule has 25 heavy (non-hydrogen) atoms. The molecule has 1 heterocycles. The van der Waals surface area contributed by atoms with Crippen molar-refractivity contribution < 1.29 is 14.7 Å². The lowest BCUT2D eigenvalue weighted by Crippen LogP contribution is -2.51. The second-order valence-corrected chi connectivity index (χ2v) is 7.71. The third-order valence-electron chi connectivity index (χ3n) is 4.36. The SMILES string of the molecule is CC(C)C(C)(CC(=O)O)NC(=O)Cc1csc(Cc2ccccc2)n1. The van der Waals surface area contributed by atoms with Crippen LogP contribution in [0.4, 0.5) is 0 Å². The molecule has 1 atom stereocenters. The summed E-state index contributed by atoms with van der Waals surface area (Å²) < 4.78 is 0. The summed E-state index contributed by atoms with van der Waals surface area (Å²) in [7, 11) is 0. The summed E-state index contributed by atoms with van der Waals surface area (Å²) in [6.45, 7) is 5.58. The van der Waals surface area contributed by atoms with E-state index in [2.05, 4.69) is 10.3 Å². The monoisotopic (exact) mass is 360 g/mol. The van der Waals surface area contributed by atoms with Gasteiger partial charge >= 0.3 is 5.97 Å². The number of thiazole rings is 1. The summed E-state index contributed by atoms with van der Waals surface area (Å²) in [6, 6.07) is 10.1. The van der Waals surface area contributed by atoms with Crippen LogP contribution in [0.25, 0.3) is 0 Å². The maximum atomic E-state index is 12.3. The van der Waals surface area contributed by atoms with Crippen molar-refractivity contribution in [2.24, 2.45) is 5.92 Å². The first-order chi connectivity index (χ1) is 11.8. The van der Waals surface area contributed by atoms with Crippen molar-refractivity contribution in [2.75, 3.05) is 0 Å². The van der Waals surface area contributed by atoms with Crippen LogP contribution in [0.1, 0.15) is 43.5 Å². The van der Waals surface area contributed by atoms with Crippen molar-refractivity contribution in [2.45, 2.75) is 45.6 Å². The molecule has 0 aliphatic heterocycles. The van der Waals surface area contributed by atoms with Crippen LogP contribution in [0.2, 0.25) is 0 Å². The summed E-state index contributed by atoms with van der Waals surface area (Å²) in [4.78, 5) is 27.9. The fourth-order valence-corrected chi connectivity index (χ4v) is 3.34. The quantitative estimate of drug-likeness (QED) is 0.757. The summed E-state index contributed by atoms with van der Waals surface area (Å²) in [5.41, 5.74) is 1.13. The molecule has 0 aliphatic carbocycles. The number of carboxylic acid groups (broad SMARTS) is 1. The van der Waals surface area contributed by atoms with Gasteiger partial charge < -0.3 is 10.4 Å². The van der Waals surface area contributed by atoms with E-state index < -0.39 is 11.5 Å². The van der Waals surface area contributed by atoms with Gasteiger partial charge in [0.15, 0.2) is 0 Å². The average Bonchev–Trinajstić information content (AvgIpc) is 2.93. The third-order valence-corrected chi connectivity index (χ3v) is 5.25. The summed E-state index contributed by atoms with van der Waals surface area (Å²) in [5.74, 6) is -1.11. The van der Waals surface area contributed by atoms with Crippen LogP contribution in [0.3, 0.4) is 0 Å². The van der Waals surface area contributed by atoms with Crippen molar-refractivity contribution in [1.29, 1.82) is 0 Å². The Bertz CT molecular complexity index is 727. The topological polar surface area (TPSA) is 79.3 Å². The molecule has 0 bridgehead atoms. The molecule has 2 rings (SSSR count). The molecule has 1 unspecified atom stereocenters. The molecular weight excluding hydrogens is 336 g/mol. The minimum Gasteiger partial charge on any atom is -0.481 e. The number of nitrogens with zero attached hydrogens (tertiary/aromatic N) is 1. The maximum Gasteiger partial charge on any atom is 0.305 e. The molecule has 0 saturated heterocycles. The number of carbonyl (C=O) groups is 2. The van der Waals surface area contributed by atoms with Crippen LogP contribution in [0.15, 0.2) is 35.7 Å². The number of aliphatic carboxylic acids is 1. The van der Waals surface area contributed by atoms with Crippen LogP contribution in [-0.2, 0) is 22.4 Å². The van der Waals surface area contributed by atoms with Gasteiger partial charge in [-0.25, -0.2) is 4.98 Å². The minimum absolute atomic E-state index is 0.0108. The Balaban J connectivity index is 1.97. The Hall–Kier alpha value is -2.21. The van der Waals surface area contributed by atoms with E-state index in [1.165, 1.54) is 16.9 Å². The van der Waals surface area contributed by atoms with E-state index >= 15 is 0 Å². The molecule has 0 radical (unpaired) electrons. The lowest BCUT2D eigenvalue weighted by Gasteiger charge is -2.33. The summed E-state index contributed by atoms with van der Waals surface area (Å²) in [6.07, 6.45) is 0.801. The molecule has 0 fully saturated rings. The highest BCUT2D eigenvalue weighted by Gasteiger charge is 2.32. The molecule has 2 N–H and O–H groups in total. The highest BCUT2D eigenvalue weighted by Crippen LogP contribution is 2.21. The van der Waals surface area contributed by atoms with Gasteiger partial charge in [0.2, 0.25) is 5.91 Å². The molecular formula is C19H24N2O3S. The van der Waals surface area contributed by atoms with Gasteiger partial charge in [0.1, 0.15) is 0 Å². The second-order valence-electron chi connectivity index (χ2n) is 6.76. The first-order valence-corrected chi connectivity index (χ1v) is 9.16. The predicted octanol–water partition coefficient (Wildman–Crippen LogP) is 3.28. The van der Waals surface area contributed by atoms with Crippen molar-refractivity contribution in [3.63, 3.8) is 0 Å². The van der Waals surface area contributed by atoms with E-state index in [1.807, 2.05) is 49.6 Å². The Morgan fingerprint density at radius 2 is 1.96 bits per heavy atom. The van der Waals surface area contributed by atoms with Crippen LogP contribution < -0.4 is 5.32 Å². The molecule has 1 amide bonds. The minimum atomic E-state index is -0.921. The van der Waals surface area contributed by atoms with Crippen molar-refractivity contribution in [1.82, 2.24) is 10.3 Å². The molecule has 5 nitrogen and oxygen atoms in total. The average molecular weight is 360 g/mol. The molecule has 1 aromatic heterocycles. The molecule has 2 aromatic rings. The lowest BCUT2D eigenvalue weighted by molar-refractivity contribution is -0.139. The number of amides is 1. The number of carboxylic acids is 1. The van der Waals surface area contributed by atoms with Gasteiger partial charge in [0.25, 0.3) is 0 Å². The van der Waals surface area contributed by atoms with Crippen LogP contribution in [-0.4, -0.2) is 27.5 Å². The Labute approximate surface area is 152 Å². The fraction of sp³-hybridized carbons (Fsp3) is 0.421. The largest absolute Gasteiger partial charge is 0.481 e. The van der Waals surface area contributed by atoms with E-state index in [0.29, 0.717) is 0 Å². The number of hydrogen-bond acceptors (Lipinski definition) is 4. The van der Waals surface area contributed by atoms with Crippen LogP contribution in [0.5, 0.6) is 0 Å². The summed E-state index contributed by atoms with van der Waals surface area (Å²) >= 11 is 1.54. The highest BCUT2D eigenvalue weighted by atomic mass is 32.1. The first kappa shape index (κ1) is 19.1. The van der Waals surface area contributed by atoms with Gasteiger partial charge in [-0.2, -0.15) is 0 Å². The number of benzene rings is 1. The molecule has 6 heteroatoms. The highest BCUT2D eigenvalue weighted by molar-refractivity contribution is 7.09. The number of rotatable bonds is 8. The van der Waals surface area contributed by atoms with Crippen molar-refractivity contribution >= 4 is 23.2 Å².